The summed E-state index contributed by atoms with van der Waals surface area (Å²) in [6, 6.07) is 2.07. The highest BCUT2D eigenvalue weighted by Crippen LogP contribution is 2.18. The third-order valence-corrected chi connectivity index (χ3v) is 5.42. The fourth-order valence-electron chi connectivity index (χ4n) is 2.32. The zero-order chi connectivity index (χ0) is 16.3. The maximum atomic E-state index is 12.4. The third-order valence-electron chi connectivity index (χ3n) is 3.57. The Labute approximate surface area is 128 Å². The Bertz CT molecular complexity index is 639. The fourth-order valence-corrected chi connectivity index (χ4v) is 3.41. The van der Waals surface area contributed by atoms with Crippen LogP contribution in [0.25, 0.3) is 0 Å². The van der Waals surface area contributed by atoms with Crippen molar-refractivity contribution < 1.29 is 27.2 Å². The first-order chi connectivity index (χ1) is 10.4. The first-order valence-electron chi connectivity index (χ1n) is 6.80. The Morgan fingerprint density at radius 3 is 2.68 bits per heavy atom. The van der Waals surface area contributed by atoms with E-state index in [9.17, 15) is 18.0 Å². The van der Waals surface area contributed by atoms with E-state index in [1.165, 1.54) is 35.6 Å². The number of furan rings is 1. The van der Waals surface area contributed by atoms with Gasteiger partial charge in [0.15, 0.2) is 5.76 Å². The van der Waals surface area contributed by atoms with Gasteiger partial charge in [-0.3, -0.25) is 4.79 Å². The monoisotopic (exact) mass is 330 g/mol. The highest BCUT2D eigenvalue weighted by atomic mass is 32.2. The number of methoxy groups -OCH3 is 1. The molecule has 2 rings (SSSR count). The smallest absolute Gasteiger partial charge is 0.329 e. The van der Waals surface area contributed by atoms with Crippen LogP contribution in [-0.2, 0) is 19.6 Å². The second-order valence-corrected chi connectivity index (χ2v) is 7.03. The summed E-state index contributed by atoms with van der Waals surface area (Å²) < 4.78 is 34.9. The average molecular weight is 330 g/mol. The molecule has 0 saturated carbocycles. The normalized spacial score (nSPS) is 19.9. The number of sulfonamides is 1. The van der Waals surface area contributed by atoms with Crippen LogP contribution in [0, 0.1) is 0 Å². The summed E-state index contributed by atoms with van der Waals surface area (Å²) >= 11 is 0. The first-order valence-corrected chi connectivity index (χ1v) is 8.41. The van der Waals surface area contributed by atoms with Crippen molar-refractivity contribution in [3.8, 4) is 0 Å². The quantitative estimate of drug-likeness (QED) is 0.717. The zero-order valence-corrected chi connectivity index (χ0v) is 13.2. The van der Waals surface area contributed by atoms with Gasteiger partial charge in [-0.2, -0.15) is 4.31 Å². The highest BCUT2D eigenvalue weighted by molar-refractivity contribution is 7.89. The first kappa shape index (κ1) is 16.5. The lowest BCUT2D eigenvalue weighted by Gasteiger charge is -2.38. The van der Waals surface area contributed by atoms with E-state index in [-0.39, 0.29) is 31.1 Å². The van der Waals surface area contributed by atoms with E-state index in [0.717, 1.165) is 0 Å². The van der Waals surface area contributed by atoms with E-state index in [1.54, 1.807) is 6.07 Å². The molecule has 0 N–H and O–H groups in total. The van der Waals surface area contributed by atoms with Crippen LogP contribution in [0.5, 0.6) is 0 Å². The summed E-state index contributed by atoms with van der Waals surface area (Å²) in [5.74, 6) is -1.09. The molecule has 2 heterocycles. The van der Waals surface area contributed by atoms with Crippen LogP contribution in [-0.4, -0.2) is 68.0 Å². The van der Waals surface area contributed by atoms with Crippen molar-refractivity contribution in [3.63, 3.8) is 0 Å². The van der Waals surface area contributed by atoms with Crippen molar-refractivity contribution in [2.75, 3.05) is 32.5 Å². The number of hydrogen-bond acceptors (Lipinski definition) is 6. The molecule has 0 spiro atoms. The number of carbonyl (C=O) groups is 2. The van der Waals surface area contributed by atoms with Gasteiger partial charge in [-0.25, -0.2) is 13.2 Å². The van der Waals surface area contributed by atoms with Gasteiger partial charge < -0.3 is 14.1 Å². The van der Waals surface area contributed by atoms with Crippen LogP contribution < -0.4 is 0 Å². The molecule has 1 saturated heterocycles. The molecule has 0 radical (unpaired) electrons. The highest BCUT2D eigenvalue weighted by Gasteiger charge is 2.40. The number of ether oxygens (including phenoxy) is 1. The minimum absolute atomic E-state index is 0.0625. The molecule has 0 aliphatic carbocycles. The molecule has 1 aromatic heterocycles. The van der Waals surface area contributed by atoms with Crippen LogP contribution in [0.2, 0.25) is 0 Å². The van der Waals surface area contributed by atoms with E-state index in [1.807, 2.05) is 0 Å². The molecule has 0 bridgehead atoms. The largest absolute Gasteiger partial charge is 0.467 e. The minimum atomic E-state index is -3.43. The summed E-state index contributed by atoms with van der Waals surface area (Å²) in [5.41, 5.74) is 0. The van der Waals surface area contributed by atoms with Gasteiger partial charge in [-0.1, -0.05) is 0 Å². The van der Waals surface area contributed by atoms with Gasteiger partial charge in [-0.15, -0.1) is 0 Å². The van der Waals surface area contributed by atoms with Gasteiger partial charge >= 0.3 is 5.97 Å². The van der Waals surface area contributed by atoms with Gasteiger partial charge in [-0.05, 0) is 19.1 Å². The lowest BCUT2D eigenvalue weighted by Crippen LogP contribution is -2.59. The zero-order valence-electron chi connectivity index (χ0n) is 12.4. The van der Waals surface area contributed by atoms with E-state index in [4.69, 9.17) is 9.15 Å². The maximum Gasteiger partial charge on any atom is 0.329 e. The minimum Gasteiger partial charge on any atom is -0.467 e. The fraction of sp³-hybridized carbons (Fsp3) is 0.538. The molecule has 122 valence electrons. The van der Waals surface area contributed by atoms with Crippen molar-refractivity contribution in [2.45, 2.75) is 13.0 Å². The predicted octanol–water partition coefficient (Wildman–Crippen LogP) is -0.0713. The van der Waals surface area contributed by atoms with Crippen molar-refractivity contribution in [1.82, 2.24) is 9.21 Å². The molecule has 9 heteroatoms. The number of nitrogens with zero attached hydrogens (tertiary/aromatic N) is 2. The van der Waals surface area contributed by atoms with E-state index < -0.39 is 27.9 Å². The second kappa shape index (κ2) is 6.49. The summed E-state index contributed by atoms with van der Waals surface area (Å²) in [6.45, 7) is 1.65. The van der Waals surface area contributed by atoms with Crippen LogP contribution >= 0.6 is 0 Å². The molecule has 1 atom stereocenters. The molecular formula is C13H18N2O6S. The third kappa shape index (κ3) is 3.14. The molecule has 1 aliphatic heterocycles. The predicted molar refractivity (Wildman–Crippen MR) is 76.6 cm³/mol. The van der Waals surface area contributed by atoms with Crippen LogP contribution in [0.3, 0.4) is 0 Å². The van der Waals surface area contributed by atoms with Gasteiger partial charge in [0, 0.05) is 19.6 Å². The van der Waals surface area contributed by atoms with Crippen LogP contribution in [0.15, 0.2) is 22.8 Å². The molecule has 1 amide bonds. The molecule has 1 aromatic rings. The summed E-state index contributed by atoms with van der Waals surface area (Å²) in [6.07, 6.45) is 1.36. The molecule has 1 unspecified atom stereocenters. The summed E-state index contributed by atoms with van der Waals surface area (Å²) in [4.78, 5) is 25.6. The number of carbonyl (C=O) groups excluding carboxylic acids is 2. The van der Waals surface area contributed by atoms with Gasteiger partial charge in [0.2, 0.25) is 10.0 Å². The molecule has 22 heavy (non-hydrogen) atoms. The van der Waals surface area contributed by atoms with E-state index in [0.29, 0.717) is 0 Å². The summed E-state index contributed by atoms with van der Waals surface area (Å²) in [7, 11) is -2.24. The van der Waals surface area contributed by atoms with Gasteiger partial charge in [0.1, 0.15) is 6.04 Å². The standard InChI is InChI=1S/C13H18N2O6S/c1-3-22(18,19)14-6-7-15(10(9-14)13(17)20-2)12(16)11-5-4-8-21-11/h4-5,8,10H,3,6-7,9H2,1-2H3. The topological polar surface area (TPSA) is 97.1 Å². The van der Waals surface area contributed by atoms with Gasteiger partial charge in [0.25, 0.3) is 5.91 Å². The molecule has 1 aliphatic rings. The molecule has 1 fully saturated rings. The number of hydrogen-bond donors (Lipinski definition) is 0. The van der Waals surface area contributed by atoms with Crippen molar-refractivity contribution in [3.05, 3.63) is 24.2 Å². The Hall–Kier alpha value is -1.87. The Morgan fingerprint density at radius 2 is 2.14 bits per heavy atom. The van der Waals surface area contributed by atoms with Crippen LogP contribution in [0.1, 0.15) is 17.5 Å². The Kier molecular flexibility index (Phi) is 4.87. The molecular weight excluding hydrogens is 312 g/mol. The average Bonchev–Trinajstić information content (AvgIpc) is 3.07. The number of rotatable bonds is 4. The van der Waals surface area contributed by atoms with E-state index >= 15 is 0 Å². The Morgan fingerprint density at radius 1 is 1.41 bits per heavy atom. The van der Waals surface area contributed by atoms with Gasteiger partial charge in [0.05, 0.1) is 19.1 Å². The van der Waals surface area contributed by atoms with Crippen molar-refractivity contribution in [1.29, 1.82) is 0 Å². The number of amides is 1. The SMILES string of the molecule is CCS(=O)(=O)N1CCN(C(=O)c2ccco2)C(C(=O)OC)C1. The molecule has 8 nitrogen and oxygen atoms in total. The number of esters is 1. The van der Waals surface area contributed by atoms with Crippen molar-refractivity contribution >= 4 is 21.9 Å². The summed E-state index contributed by atoms with van der Waals surface area (Å²) in [5, 5.41) is 0. The second-order valence-electron chi connectivity index (χ2n) is 4.77. The van der Waals surface area contributed by atoms with Crippen molar-refractivity contribution in [2.24, 2.45) is 0 Å². The maximum absolute atomic E-state index is 12.4. The van der Waals surface area contributed by atoms with Crippen LogP contribution in [0.4, 0.5) is 0 Å². The lowest BCUT2D eigenvalue weighted by molar-refractivity contribution is -0.147. The number of piperazine rings is 1. The Balaban J connectivity index is 2.25. The van der Waals surface area contributed by atoms with E-state index in [2.05, 4.69) is 0 Å². The lowest BCUT2D eigenvalue weighted by atomic mass is 10.2. The molecule has 0 aromatic carbocycles.